The first-order valence-electron chi connectivity index (χ1n) is 7.75. The molecule has 0 saturated carbocycles. The number of amides is 1. The average Bonchev–Trinajstić information content (AvgIpc) is 2.86. The number of rotatable bonds is 0. The highest BCUT2D eigenvalue weighted by Gasteiger charge is 2.49. The van der Waals surface area contributed by atoms with E-state index in [1.54, 1.807) is 9.58 Å². The fourth-order valence-corrected chi connectivity index (χ4v) is 3.39. The van der Waals surface area contributed by atoms with Crippen molar-refractivity contribution in [2.75, 3.05) is 13.1 Å². The van der Waals surface area contributed by atoms with Crippen LogP contribution < -0.4 is 0 Å². The number of hydrogen-bond acceptors (Lipinski definition) is 4. The van der Waals surface area contributed by atoms with Gasteiger partial charge in [0.25, 0.3) is 0 Å². The Morgan fingerprint density at radius 2 is 1.95 bits per heavy atom. The summed E-state index contributed by atoms with van der Waals surface area (Å²) in [4.78, 5) is 26.5. The molecule has 120 valence electrons. The lowest BCUT2D eigenvalue weighted by molar-refractivity contribution is 0.0113. The third kappa shape index (κ3) is 2.51. The molecule has 6 nitrogen and oxygen atoms in total. The van der Waals surface area contributed by atoms with E-state index in [2.05, 4.69) is 5.10 Å². The number of likely N-dealkylation sites (tertiary alicyclic amines) is 1. The van der Waals surface area contributed by atoms with Crippen LogP contribution in [0.25, 0.3) is 0 Å². The third-order valence-electron chi connectivity index (χ3n) is 4.51. The van der Waals surface area contributed by atoms with E-state index in [0.717, 1.165) is 11.3 Å². The Kier molecular flexibility index (Phi) is 3.30. The average molecular weight is 305 g/mol. The van der Waals surface area contributed by atoms with Gasteiger partial charge in [-0.15, -0.1) is 0 Å². The van der Waals surface area contributed by atoms with E-state index in [9.17, 15) is 9.59 Å². The Hall–Kier alpha value is -1.85. The zero-order valence-electron chi connectivity index (χ0n) is 13.7. The van der Waals surface area contributed by atoms with Gasteiger partial charge in [0, 0.05) is 38.2 Å². The van der Waals surface area contributed by atoms with Gasteiger partial charge in [0.15, 0.2) is 5.78 Å². The Balaban J connectivity index is 1.67. The van der Waals surface area contributed by atoms with Crippen molar-refractivity contribution in [3.63, 3.8) is 0 Å². The fraction of sp³-hybridized carbons (Fsp3) is 0.688. The van der Waals surface area contributed by atoms with E-state index in [1.165, 1.54) is 0 Å². The summed E-state index contributed by atoms with van der Waals surface area (Å²) < 4.78 is 7.10. The highest BCUT2D eigenvalue weighted by Crippen LogP contribution is 2.44. The van der Waals surface area contributed by atoms with Gasteiger partial charge in [0.1, 0.15) is 5.60 Å². The second-order valence-electron chi connectivity index (χ2n) is 7.42. The summed E-state index contributed by atoms with van der Waals surface area (Å²) in [5.41, 5.74) is 0.812. The van der Waals surface area contributed by atoms with E-state index in [4.69, 9.17) is 4.74 Å². The van der Waals surface area contributed by atoms with Crippen LogP contribution in [0, 0.1) is 5.41 Å². The van der Waals surface area contributed by atoms with Crippen LogP contribution in [0.2, 0.25) is 0 Å². The molecule has 0 atom stereocenters. The summed E-state index contributed by atoms with van der Waals surface area (Å²) in [5, 5.41) is 4.38. The second-order valence-corrected chi connectivity index (χ2v) is 7.42. The lowest BCUT2D eigenvalue weighted by Crippen LogP contribution is -2.47. The van der Waals surface area contributed by atoms with Gasteiger partial charge >= 0.3 is 6.09 Å². The molecule has 0 aromatic carbocycles. The molecule has 1 aliphatic carbocycles. The molecule has 3 rings (SSSR count). The van der Waals surface area contributed by atoms with E-state index in [-0.39, 0.29) is 17.3 Å². The van der Waals surface area contributed by atoms with E-state index < -0.39 is 5.60 Å². The molecule has 1 fully saturated rings. The maximum atomic E-state index is 12.7. The summed E-state index contributed by atoms with van der Waals surface area (Å²) in [6.45, 7) is 6.71. The van der Waals surface area contributed by atoms with Crippen molar-refractivity contribution < 1.29 is 14.3 Å². The molecule has 1 aliphatic heterocycles. The normalized spacial score (nSPS) is 20.4. The van der Waals surface area contributed by atoms with E-state index in [1.807, 2.05) is 34.0 Å². The predicted molar refractivity (Wildman–Crippen MR) is 80.7 cm³/mol. The molecule has 6 heteroatoms. The van der Waals surface area contributed by atoms with Gasteiger partial charge in [-0.1, -0.05) is 0 Å². The number of ketones is 1. The summed E-state index contributed by atoms with van der Waals surface area (Å²) in [7, 11) is 1.84. The van der Waals surface area contributed by atoms with E-state index >= 15 is 0 Å². The maximum Gasteiger partial charge on any atom is 0.410 e. The van der Waals surface area contributed by atoms with Crippen molar-refractivity contribution in [2.45, 2.75) is 45.6 Å². The van der Waals surface area contributed by atoms with Gasteiger partial charge in [-0.25, -0.2) is 4.79 Å². The minimum absolute atomic E-state index is 0.194. The highest BCUT2D eigenvalue weighted by atomic mass is 16.6. The van der Waals surface area contributed by atoms with Gasteiger partial charge < -0.3 is 9.64 Å². The van der Waals surface area contributed by atoms with Crippen LogP contribution in [0.5, 0.6) is 0 Å². The molecule has 1 aromatic heterocycles. The number of aromatic nitrogens is 2. The topological polar surface area (TPSA) is 64.4 Å². The molecule has 1 amide bonds. The van der Waals surface area contributed by atoms with Gasteiger partial charge in [-0.05, 0) is 33.6 Å². The first kappa shape index (κ1) is 15.1. The predicted octanol–water partition coefficient (Wildman–Crippen LogP) is 2.18. The molecule has 0 N–H and O–H groups in total. The van der Waals surface area contributed by atoms with Crippen LogP contribution in [0.1, 0.15) is 49.7 Å². The largest absolute Gasteiger partial charge is 0.444 e. The van der Waals surface area contributed by atoms with Crippen LogP contribution in [0.3, 0.4) is 0 Å². The number of Topliss-reactive ketones (excluding diaryl/α,β-unsaturated/α-hetero) is 1. The quantitative estimate of drug-likeness (QED) is 0.737. The molecule has 2 heterocycles. The summed E-state index contributed by atoms with van der Waals surface area (Å²) >= 11 is 0. The minimum atomic E-state index is -0.490. The maximum absolute atomic E-state index is 12.7. The summed E-state index contributed by atoms with van der Waals surface area (Å²) in [5.74, 6) is 0.194. The third-order valence-corrected chi connectivity index (χ3v) is 4.51. The number of carbonyl (C=O) groups is 2. The Labute approximate surface area is 130 Å². The van der Waals surface area contributed by atoms with Crippen molar-refractivity contribution in [3.05, 3.63) is 17.5 Å². The van der Waals surface area contributed by atoms with Crippen molar-refractivity contribution in [2.24, 2.45) is 12.5 Å². The lowest BCUT2D eigenvalue weighted by atomic mass is 9.75. The van der Waals surface area contributed by atoms with Crippen LogP contribution in [-0.2, 0) is 18.2 Å². The zero-order valence-corrected chi connectivity index (χ0v) is 13.7. The monoisotopic (exact) mass is 305 g/mol. The van der Waals surface area contributed by atoms with Crippen LogP contribution in [0.15, 0.2) is 6.20 Å². The summed E-state index contributed by atoms with van der Waals surface area (Å²) in [6.07, 6.45) is 3.59. The molecule has 1 saturated heterocycles. The smallest absolute Gasteiger partial charge is 0.410 e. The number of piperidine rings is 1. The molecular weight excluding hydrogens is 282 g/mol. The van der Waals surface area contributed by atoms with Gasteiger partial charge in [-0.2, -0.15) is 5.10 Å². The number of carbonyl (C=O) groups excluding carboxylic acids is 2. The molecule has 22 heavy (non-hydrogen) atoms. The molecular formula is C16H23N3O3. The molecule has 1 spiro atoms. The second kappa shape index (κ2) is 4.83. The van der Waals surface area contributed by atoms with Crippen molar-refractivity contribution in [1.29, 1.82) is 0 Å². The van der Waals surface area contributed by atoms with E-state index in [0.29, 0.717) is 32.4 Å². The minimum Gasteiger partial charge on any atom is -0.444 e. The first-order chi connectivity index (χ1) is 10.2. The molecule has 0 bridgehead atoms. The van der Waals surface area contributed by atoms with Gasteiger partial charge in [0.2, 0.25) is 0 Å². The first-order valence-corrected chi connectivity index (χ1v) is 7.75. The zero-order chi connectivity index (χ0) is 16.1. The van der Waals surface area contributed by atoms with Crippen LogP contribution in [0.4, 0.5) is 4.79 Å². The number of aryl methyl sites for hydroxylation is 1. The number of hydrogen-bond donors (Lipinski definition) is 0. The van der Waals surface area contributed by atoms with Crippen molar-refractivity contribution >= 4 is 11.9 Å². The molecule has 2 aliphatic rings. The van der Waals surface area contributed by atoms with Crippen molar-refractivity contribution in [3.8, 4) is 0 Å². The van der Waals surface area contributed by atoms with Gasteiger partial charge in [-0.3, -0.25) is 9.48 Å². The number of ether oxygens (including phenoxy) is 1. The number of fused-ring (bicyclic) bond motifs is 1. The SMILES string of the molecule is Cn1cc2c(n1)CC1(CCN(C(=O)OC(C)(C)C)CC1)C2=O. The molecule has 1 aromatic rings. The van der Waals surface area contributed by atoms with Crippen LogP contribution >= 0.6 is 0 Å². The number of nitrogens with zero attached hydrogens (tertiary/aromatic N) is 3. The Morgan fingerprint density at radius 3 is 2.50 bits per heavy atom. The van der Waals surface area contributed by atoms with Crippen molar-refractivity contribution in [1.82, 2.24) is 14.7 Å². The fourth-order valence-electron chi connectivity index (χ4n) is 3.39. The highest BCUT2D eigenvalue weighted by molar-refractivity contribution is 6.04. The molecule has 0 unspecified atom stereocenters. The summed E-state index contributed by atoms with van der Waals surface area (Å²) in [6, 6.07) is 0. The van der Waals surface area contributed by atoms with Gasteiger partial charge in [0.05, 0.1) is 11.3 Å². The van der Waals surface area contributed by atoms with Crippen LogP contribution in [-0.4, -0.2) is 45.2 Å². The standard InChI is InChI=1S/C16H23N3O3/c1-15(2,3)22-14(21)19-7-5-16(6-8-19)9-12-11(13(16)20)10-18(4)17-12/h10H,5-9H2,1-4H3. The molecule has 0 radical (unpaired) electrons. The Bertz CT molecular complexity index is 619. The Morgan fingerprint density at radius 1 is 1.32 bits per heavy atom. The lowest BCUT2D eigenvalue weighted by Gasteiger charge is -2.38.